The molecule has 20 heavy (non-hydrogen) atoms. The standard InChI is InChI=1S/C14H22N4O2/c1-14(2,3)18-12(19)6-7-17-9-4-5-11(15)10(8-9)13(16)20/h4-5,8,17H,6-7,15H2,1-3H3,(H2,16,20)(H,18,19). The Balaban J connectivity index is 2.53. The first-order valence-electron chi connectivity index (χ1n) is 6.43. The summed E-state index contributed by atoms with van der Waals surface area (Å²) in [5, 5.41) is 5.93. The van der Waals surface area contributed by atoms with Crippen LogP contribution < -0.4 is 22.1 Å². The lowest BCUT2D eigenvalue weighted by Crippen LogP contribution is -2.41. The Morgan fingerprint density at radius 3 is 2.45 bits per heavy atom. The number of carbonyl (C=O) groups excluding carboxylic acids is 2. The minimum Gasteiger partial charge on any atom is -0.398 e. The van der Waals surface area contributed by atoms with Crippen molar-refractivity contribution in [2.75, 3.05) is 17.6 Å². The molecule has 0 heterocycles. The zero-order valence-electron chi connectivity index (χ0n) is 12.1. The van der Waals surface area contributed by atoms with Gasteiger partial charge in [-0.15, -0.1) is 0 Å². The molecular weight excluding hydrogens is 256 g/mol. The van der Waals surface area contributed by atoms with Gasteiger partial charge in [0, 0.05) is 29.9 Å². The van der Waals surface area contributed by atoms with Gasteiger partial charge >= 0.3 is 0 Å². The van der Waals surface area contributed by atoms with E-state index in [0.29, 0.717) is 24.3 Å². The van der Waals surface area contributed by atoms with Crippen LogP contribution in [0.1, 0.15) is 37.6 Å². The maximum atomic E-state index is 11.6. The molecule has 6 heteroatoms. The molecule has 110 valence electrons. The Morgan fingerprint density at radius 1 is 1.25 bits per heavy atom. The minimum atomic E-state index is -0.573. The van der Waals surface area contributed by atoms with Gasteiger partial charge in [-0.3, -0.25) is 9.59 Å². The van der Waals surface area contributed by atoms with Crippen LogP contribution in [-0.4, -0.2) is 23.9 Å². The average molecular weight is 278 g/mol. The summed E-state index contributed by atoms with van der Waals surface area (Å²) >= 11 is 0. The molecule has 0 radical (unpaired) electrons. The van der Waals surface area contributed by atoms with Crippen molar-refractivity contribution < 1.29 is 9.59 Å². The van der Waals surface area contributed by atoms with Crippen LogP contribution >= 0.6 is 0 Å². The van der Waals surface area contributed by atoms with Crippen molar-refractivity contribution in [3.63, 3.8) is 0 Å². The molecule has 0 atom stereocenters. The molecule has 0 saturated carbocycles. The van der Waals surface area contributed by atoms with Gasteiger partial charge < -0.3 is 22.1 Å². The van der Waals surface area contributed by atoms with Crippen LogP contribution in [0.5, 0.6) is 0 Å². The maximum absolute atomic E-state index is 11.6. The molecule has 6 nitrogen and oxygen atoms in total. The summed E-state index contributed by atoms with van der Waals surface area (Å²) in [4.78, 5) is 22.8. The predicted molar refractivity (Wildman–Crippen MR) is 80.4 cm³/mol. The van der Waals surface area contributed by atoms with Crippen LogP contribution in [0.2, 0.25) is 0 Å². The number of hydrogen-bond donors (Lipinski definition) is 4. The normalized spacial score (nSPS) is 10.9. The number of carbonyl (C=O) groups is 2. The summed E-state index contributed by atoms with van der Waals surface area (Å²) in [7, 11) is 0. The van der Waals surface area contributed by atoms with Crippen molar-refractivity contribution in [1.82, 2.24) is 5.32 Å². The van der Waals surface area contributed by atoms with Crippen molar-refractivity contribution in [2.45, 2.75) is 32.7 Å². The van der Waals surface area contributed by atoms with Crippen molar-refractivity contribution in [3.8, 4) is 0 Å². The van der Waals surface area contributed by atoms with E-state index in [1.54, 1.807) is 18.2 Å². The minimum absolute atomic E-state index is 0.0319. The summed E-state index contributed by atoms with van der Waals surface area (Å²) in [5.41, 5.74) is 11.9. The van der Waals surface area contributed by atoms with Crippen LogP contribution in [0.25, 0.3) is 0 Å². The fourth-order valence-electron chi connectivity index (χ4n) is 1.68. The third-order valence-corrected chi connectivity index (χ3v) is 2.51. The number of nitrogens with one attached hydrogen (secondary N) is 2. The molecule has 0 fully saturated rings. The van der Waals surface area contributed by atoms with E-state index in [4.69, 9.17) is 11.5 Å². The smallest absolute Gasteiger partial charge is 0.250 e. The fourth-order valence-corrected chi connectivity index (χ4v) is 1.68. The summed E-state index contributed by atoms with van der Waals surface area (Å²) in [6.45, 7) is 6.25. The quantitative estimate of drug-likeness (QED) is 0.604. The second-order valence-corrected chi connectivity index (χ2v) is 5.64. The first-order valence-corrected chi connectivity index (χ1v) is 6.43. The SMILES string of the molecule is CC(C)(C)NC(=O)CCNc1ccc(N)c(C(N)=O)c1. The lowest BCUT2D eigenvalue weighted by molar-refractivity contribution is -0.122. The average Bonchev–Trinajstić information content (AvgIpc) is 2.28. The fraction of sp³-hybridized carbons (Fsp3) is 0.429. The molecule has 1 rings (SSSR count). The number of nitrogen functional groups attached to an aromatic ring is 1. The van der Waals surface area contributed by atoms with Crippen LogP contribution in [-0.2, 0) is 4.79 Å². The Kier molecular flexibility index (Phi) is 4.96. The summed E-state index contributed by atoms with van der Waals surface area (Å²) in [6.07, 6.45) is 0.341. The highest BCUT2D eigenvalue weighted by molar-refractivity contribution is 5.98. The molecule has 6 N–H and O–H groups in total. The first kappa shape index (κ1) is 15.8. The molecule has 0 aliphatic heterocycles. The Morgan fingerprint density at radius 2 is 1.90 bits per heavy atom. The topological polar surface area (TPSA) is 110 Å². The van der Waals surface area contributed by atoms with Crippen molar-refractivity contribution >= 4 is 23.2 Å². The van der Waals surface area contributed by atoms with Gasteiger partial charge in [-0.2, -0.15) is 0 Å². The van der Waals surface area contributed by atoms with Crippen LogP contribution in [0.4, 0.5) is 11.4 Å². The van der Waals surface area contributed by atoms with Gasteiger partial charge in [0.2, 0.25) is 5.91 Å². The number of rotatable bonds is 5. The van der Waals surface area contributed by atoms with Gasteiger partial charge in [0.15, 0.2) is 0 Å². The summed E-state index contributed by atoms with van der Waals surface area (Å²) in [6, 6.07) is 4.93. The molecule has 1 aromatic rings. The zero-order valence-corrected chi connectivity index (χ0v) is 12.1. The van der Waals surface area contributed by atoms with E-state index in [1.165, 1.54) is 0 Å². The van der Waals surface area contributed by atoms with E-state index in [2.05, 4.69) is 10.6 Å². The van der Waals surface area contributed by atoms with E-state index in [1.807, 2.05) is 20.8 Å². The highest BCUT2D eigenvalue weighted by Crippen LogP contribution is 2.17. The Bertz CT molecular complexity index is 506. The molecule has 0 bridgehead atoms. The van der Waals surface area contributed by atoms with Gasteiger partial charge in [0.1, 0.15) is 0 Å². The van der Waals surface area contributed by atoms with E-state index >= 15 is 0 Å². The van der Waals surface area contributed by atoms with Crippen LogP contribution in [0.3, 0.4) is 0 Å². The molecule has 2 amide bonds. The van der Waals surface area contributed by atoms with E-state index < -0.39 is 5.91 Å². The predicted octanol–water partition coefficient (Wildman–Crippen LogP) is 1.08. The molecule has 0 aliphatic carbocycles. The summed E-state index contributed by atoms with van der Waals surface area (Å²) < 4.78 is 0. The molecular formula is C14H22N4O2. The molecule has 0 spiro atoms. The Labute approximate surface area is 118 Å². The number of amides is 2. The third kappa shape index (κ3) is 5.17. The lowest BCUT2D eigenvalue weighted by Gasteiger charge is -2.20. The highest BCUT2D eigenvalue weighted by Gasteiger charge is 2.13. The van der Waals surface area contributed by atoms with Gasteiger partial charge in [0.05, 0.1) is 5.56 Å². The second-order valence-electron chi connectivity index (χ2n) is 5.64. The van der Waals surface area contributed by atoms with Gasteiger partial charge in [0.25, 0.3) is 5.91 Å². The Hall–Kier alpha value is -2.24. The van der Waals surface area contributed by atoms with Crippen LogP contribution in [0, 0.1) is 0 Å². The maximum Gasteiger partial charge on any atom is 0.250 e. The first-order chi connectivity index (χ1) is 9.19. The molecule has 0 unspecified atom stereocenters. The lowest BCUT2D eigenvalue weighted by atomic mass is 10.1. The molecule has 0 aliphatic rings. The van der Waals surface area contributed by atoms with E-state index in [0.717, 1.165) is 0 Å². The highest BCUT2D eigenvalue weighted by atomic mass is 16.2. The van der Waals surface area contributed by atoms with Gasteiger partial charge in [-0.25, -0.2) is 0 Å². The number of hydrogen-bond acceptors (Lipinski definition) is 4. The van der Waals surface area contributed by atoms with Crippen molar-refractivity contribution in [1.29, 1.82) is 0 Å². The number of benzene rings is 1. The number of nitrogens with two attached hydrogens (primary N) is 2. The van der Waals surface area contributed by atoms with Gasteiger partial charge in [-0.05, 0) is 39.0 Å². The monoisotopic (exact) mass is 278 g/mol. The second kappa shape index (κ2) is 6.27. The number of anilines is 2. The van der Waals surface area contributed by atoms with Gasteiger partial charge in [-0.1, -0.05) is 0 Å². The van der Waals surface area contributed by atoms with Crippen molar-refractivity contribution in [2.24, 2.45) is 5.73 Å². The molecule has 0 aromatic heterocycles. The van der Waals surface area contributed by atoms with E-state index in [9.17, 15) is 9.59 Å². The molecule has 1 aromatic carbocycles. The number of primary amides is 1. The largest absolute Gasteiger partial charge is 0.398 e. The van der Waals surface area contributed by atoms with Crippen LogP contribution in [0.15, 0.2) is 18.2 Å². The third-order valence-electron chi connectivity index (χ3n) is 2.51. The zero-order chi connectivity index (χ0) is 15.3. The molecule has 0 saturated heterocycles. The van der Waals surface area contributed by atoms with E-state index in [-0.39, 0.29) is 17.0 Å². The summed E-state index contributed by atoms with van der Waals surface area (Å²) in [5.74, 6) is -0.604. The van der Waals surface area contributed by atoms with Crippen molar-refractivity contribution in [3.05, 3.63) is 23.8 Å².